The molecule has 0 aliphatic carbocycles. The molecule has 0 aromatic heterocycles. The minimum atomic E-state index is -0.722. The first kappa shape index (κ1) is 11.8. The lowest BCUT2D eigenvalue weighted by Crippen LogP contribution is -2.19. The Balaban J connectivity index is 2.87. The fourth-order valence-electron chi connectivity index (χ4n) is 0.900. The molecule has 1 N–H and O–H groups in total. The summed E-state index contributed by atoms with van der Waals surface area (Å²) in [5, 5.41) is 11.7. The lowest BCUT2D eigenvalue weighted by atomic mass is 10.2. The summed E-state index contributed by atoms with van der Waals surface area (Å²) in [6, 6.07) is 6.74. The predicted molar refractivity (Wildman–Crippen MR) is 59.9 cm³/mol. The van der Waals surface area contributed by atoms with Gasteiger partial charge in [0.1, 0.15) is 5.92 Å². The van der Waals surface area contributed by atoms with Gasteiger partial charge in [0, 0.05) is 0 Å². The molecule has 1 aromatic rings. The van der Waals surface area contributed by atoms with Crippen LogP contribution in [0.2, 0.25) is 10.0 Å². The van der Waals surface area contributed by atoms with Crippen LogP contribution < -0.4 is 5.32 Å². The number of nitriles is 1. The molecule has 15 heavy (non-hydrogen) atoms. The average molecular weight is 243 g/mol. The number of carbonyl (C=O) groups is 1. The molecule has 0 radical (unpaired) electrons. The Bertz CT molecular complexity index is 426. The van der Waals surface area contributed by atoms with Crippen LogP contribution in [0, 0.1) is 17.2 Å². The molecule has 5 heteroatoms. The Morgan fingerprint density at radius 1 is 1.53 bits per heavy atom. The summed E-state index contributed by atoms with van der Waals surface area (Å²) in [6.07, 6.45) is 0. The summed E-state index contributed by atoms with van der Waals surface area (Å²) in [4.78, 5) is 11.4. The summed E-state index contributed by atoms with van der Waals surface area (Å²) in [7, 11) is 0. The van der Waals surface area contributed by atoms with Gasteiger partial charge in [-0.25, -0.2) is 0 Å². The molecule has 0 heterocycles. The van der Waals surface area contributed by atoms with Gasteiger partial charge in [0.05, 0.1) is 21.8 Å². The van der Waals surface area contributed by atoms with Gasteiger partial charge in [-0.05, 0) is 19.1 Å². The summed E-state index contributed by atoms with van der Waals surface area (Å²) in [5.74, 6) is -1.12. The van der Waals surface area contributed by atoms with Crippen molar-refractivity contribution < 1.29 is 4.79 Å². The van der Waals surface area contributed by atoms with Crippen molar-refractivity contribution in [1.82, 2.24) is 0 Å². The number of halogens is 2. The van der Waals surface area contributed by atoms with Gasteiger partial charge < -0.3 is 5.32 Å². The monoisotopic (exact) mass is 242 g/mol. The van der Waals surface area contributed by atoms with Crippen LogP contribution in [-0.2, 0) is 4.79 Å². The Labute approximate surface area is 97.6 Å². The molecule has 0 saturated heterocycles. The zero-order valence-electron chi connectivity index (χ0n) is 7.92. The number of carbonyl (C=O) groups excluding carboxylic acids is 1. The Morgan fingerprint density at radius 2 is 2.20 bits per heavy atom. The van der Waals surface area contributed by atoms with Crippen molar-refractivity contribution in [3.05, 3.63) is 28.2 Å². The molecule has 0 saturated carbocycles. The minimum absolute atomic E-state index is 0.276. The Morgan fingerprint density at radius 3 is 2.80 bits per heavy atom. The van der Waals surface area contributed by atoms with Crippen molar-refractivity contribution in [1.29, 1.82) is 5.26 Å². The predicted octanol–water partition coefficient (Wildman–Crippen LogP) is 3.09. The normalized spacial score (nSPS) is 11.6. The van der Waals surface area contributed by atoms with Crippen molar-refractivity contribution in [2.24, 2.45) is 5.92 Å². The van der Waals surface area contributed by atoms with E-state index in [1.807, 2.05) is 6.07 Å². The molecule has 1 amide bonds. The van der Waals surface area contributed by atoms with Crippen molar-refractivity contribution in [3.63, 3.8) is 0 Å². The van der Waals surface area contributed by atoms with Crippen LogP contribution in [-0.4, -0.2) is 5.91 Å². The van der Waals surface area contributed by atoms with Crippen LogP contribution in [0.15, 0.2) is 18.2 Å². The van der Waals surface area contributed by atoms with E-state index < -0.39 is 11.8 Å². The zero-order valence-corrected chi connectivity index (χ0v) is 9.43. The standard InChI is InChI=1S/C10H8Cl2N2O/c1-6(5-13)10(15)14-8-4-2-3-7(11)9(8)12/h2-4,6H,1H3,(H,14,15). The number of anilines is 1. The lowest BCUT2D eigenvalue weighted by molar-refractivity contribution is -0.117. The molecule has 1 rings (SSSR count). The molecule has 3 nitrogen and oxygen atoms in total. The second kappa shape index (κ2) is 5.01. The quantitative estimate of drug-likeness (QED) is 0.867. The number of hydrogen-bond donors (Lipinski definition) is 1. The Kier molecular flexibility index (Phi) is 3.96. The molecule has 1 aromatic carbocycles. The highest BCUT2D eigenvalue weighted by Gasteiger charge is 2.13. The van der Waals surface area contributed by atoms with Gasteiger partial charge in [-0.2, -0.15) is 5.26 Å². The van der Waals surface area contributed by atoms with Gasteiger partial charge in [0.25, 0.3) is 0 Å². The molecule has 0 aliphatic rings. The van der Waals surface area contributed by atoms with E-state index in [1.54, 1.807) is 18.2 Å². The molecule has 0 aliphatic heterocycles. The molecule has 1 unspecified atom stereocenters. The first-order chi connectivity index (χ1) is 7.06. The zero-order chi connectivity index (χ0) is 11.4. The van der Waals surface area contributed by atoms with E-state index in [2.05, 4.69) is 5.32 Å². The van der Waals surface area contributed by atoms with E-state index in [1.165, 1.54) is 6.92 Å². The van der Waals surface area contributed by atoms with Crippen LogP contribution in [0.1, 0.15) is 6.92 Å². The SMILES string of the molecule is CC(C#N)C(=O)Nc1cccc(Cl)c1Cl. The molecular formula is C10H8Cl2N2O. The van der Waals surface area contributed by atoms with Gasteiger partial charge in [0.2, 0.25) is 5.91 Å². The van der Waals surface area contributed by atoms with Crippen LogP contribution in [0.3, 0.4) is 0 Å². The molecule has 0 fully saturated rings. The lowest BCUT2D eigenvalue weighted by Gasteiger charge is -2.08. The molecular weight excluding hydrogens is 235 g/mol. The summed E-state index contributed by atoms with van der Waals surface area (Å²) < 4.78 is 0. The molecule has 0 spiro atoms. The van der Waals surface area contributed by atoms with E-state index in [4.69, 9.17) is 28.5 Å². The number of hydrogen-bond acceptors (Lipinski definition) is 2. The van der Waals surface area contributed by atoms with Crippen LogP contribution in [0.25, 0.3) is 0 Å². The smallest absolute Gasteiger partial charge is 0.241 e. The van der Waals surface area contributed by atoms with Crippen LogP contribution >= 0.6 is 23.2 Å². The van der Waals surface area contributed by atoms with Crippen molar-refractivity contribution in [2.75, 3.05) is 5.32 Å². The maximum Gasteiger partial charge on any atom is 0.241 e. The second-order valence-corrected chi connectivity index (χ2v) is 3.73. The maximum atomic E-state index is 11.4. The van der Waals surface area contributed by atoms with Crippen molar-refractivity contribution in [3.8, 4) is 6.07 Å². The third kappa shape index (κ3) is 2.85. The molecule has 78 valence electrons. The highest BCUT2D eigenvalue weighted by Crippen LogP contribution is 2.29. The van der Waals surface area contributed by atoms with Gasteiger partial charge >= 0.3 is 0 Å². The van der Waals surface area contributed by atoms with Gasteiger partial charge in [0.15, 0.2) is 0 Å². The summed E-state index contributed by atoms with van der Waals surface area (Å²) in [5.41, 5.74) is 0.413. The first-order valence-corrected chi connectivity index (χ1v) is 4.96. The van der Waals surface area contributed by atoms with Gasteiger partial charge in [-0.3, -0.25) is 4.79 Å². The third-order valence-electron chi connectivity index (χ3n) is 1.80. The highest BCUT2D eigenvalue weighted by molar-refractivity contribution is 6.44. The van der Waals surface area contributed by atoms with E-state index in [-0.39, 0.29) is 5.02 Å². The van der Waals surface area contributed by atoms with Crippen molar-refractivity contribution in [2.45, 2.75) is 6.92 Å². The maximum absolute atomic E-state index is 11.4. The second-order valence-electron chi connectivity index (χ2n) is 2.94. The van der Waals surface area contributed by atoms with Crippen LogP contribution in [0.5, 0.6) is 0 Å². The Hall–Kier alpha value is -1.24. The van der Waals surface area contributed by atoms with E-state index in [0.717, 1.165) is 0 Å². The van der Waals surface area contributed by atoms with E-state index in [9.17, 15) is 4.79 Å². The third-order valence-corrected chi connectivity index (χ3v) is 2.62. The fraction of sp³-hybridized carbons (Fsp3) is 0.200. The largest absolute Gasteiger partial charge is 0.324 e. The summed E-state index contributed by atoms with van der Waals surface area (Å²) in [6.45, 7) is 1.51. The molecule has 0 bridgehead atoms. The van der Waals surface area contributed by atoms with Crippen LogP contribution in [0.4, 0.5) is 5.69 Å². The topological polar surface area (TPSA) is 52.9 Å². The van der Waals surface area contributed by atoms with Gasteiger partial charge in [-0.15, -0.1) is 0 Å². The number of benzene rings is 1. The molecule has 1 atom stereocenters. The number of nitrogens with one attached hydrogen (secondary N) is 1. The van der Waals surface area contributed by atoms with E-state index >= 15 is 0 Å². The number of rotatable bonds is 2. The summed E-state index contributed by atoms with van der Waals surface area (Å²) >= 11 is 11.6. The van der Waals surface area contributed by atoms with Gasteiger partial charge in [-0.1, -0.05) is 29.3 Å². The highest BCUT2D eigenvalue weighted by atomic mass is 35.5. The first-order valence-electron chi connectivity index (χ1n) is 4.20. The number of nitrogens with zero attached hydrogens (tertiary/aromatic N) is 1. The number of amides is 1. The van der Waals surface area contributed by atoms with Crippen molar-refractivity contribution >= 4 is 34.8 Å². The van der Waals surface area contributed by atoms with E-state index in [0.29, 0.717) is 10.7 Å². The average Bonchev–Trinajstić information content (AvgIpc) is 2.23. The minimum Gasteiger partial charge on any atom is -0.324 e. The fourth-order valence-corrected chi connectivity index (χ4v) is 1.25.